The van der Waals surface area contributed by atoms with E-state index in [9.17, 15) is 19.7 Å². The van der Waals surface area contributed by atoms with Gasteiger partial charge in [-0.1, -0.05) is 0 Å². The third-order valence-corrected chi connectivity index (χ3v) is 4.72. The number of rotatable bonds is 8. The molecule has 0 spiro atoms. The number of anilines is 1. The van der Waals surface area contributed by atoms with Crippen molar-refractivity contribution >= 4 is 17.3 Å². The molecule has 160 valence electrons. The van der Waals surface area contributed by atoms with Gasteiger partial charge < -0.3 is 10.1 Å². The first-order valence-corrected chi connectivity index (χ1v) is 9.65. The first-order chi connectivity index (χ1) is 14.9. The maximum atomic E-state index is 12.2. The predicted octanol–water partition coefficient (Wildman–Crippen LogP) is 3.55. The summed E-state index contributed by atoms with van der Waals surface area (Å²) in [4.78, 5) is 34.7. The lowest BCUT2D eigenvalue weighted by Crippen LogP contribution is -2.23. The van der Waals surface area contributed by atoms with Crippen molar-refractivity contribution < 1.29 is 14.5 Å². The summed E-state index contributed by atoms with van der Waals surface area (Å²) in [6, 6.07) is 14.7. The van der Waals surface area contributed by atoms with Gasteiger partial charge in [0.1, 0.15) is 5.75 Å². The Labute approximate surface area is 178 Å². The molecule has 0 fully saturated rings. The molecule has 3 rings (SSSR count). The molecule has 0 aliphatic heterocycles. The van der Waals surface area contributed by atoms with Crippen molar-refractivity contribution in [2.45, 2.75) is 26.3 Å². The highest BCUT2D eigenvalue weighted by atomic mass is 16.6. The molecule has 0 saturated carbocycles. The number of carbonyl (C=O) groups excluding carboxylic acids is 1. The molecule has 0 radical (unpaired) electrons. The van der Waals surface area contributed by atoms with Crippen LogP contribution in [0.4, 0.5) is 11.4 Å². The lowest BCUT2D eigenvalue weighted by atomic mass is 10.1. The normalized spacial score (nSPS) is 10.5. The monoisotopic (exact) mass is 422 g/mol. The molecule has 2 aromatic carbocycles. The second kappa shape index (κ2) is 9.66. The lowest BCUT2D eigenvalue weighted by Gasteiger charge is -2.09. The molecule has 1 N–H and O–H groups in total. The number of benzene rings is 2. The van der Waals surface area contributed by atoms with E-state index in [1.165, 1.54) is 28.9 Å². The molecule has 1 aromatic heterocycles. The van der Waals surface area contributed by atoms with E-state index in [2.05, 4.69) is 10.4 Å². The standard InChI is InChI=1S/C22H22N4O5/c1-15-14-17(26(29)30)7-10-19(15)23-21(27)4-3-13-25-22(28)12-11-20(24-25)16-5-8-18(31-2)9-6-16/h5-12,14H,3-4,13H2,1-2H3,(H,23,27). The highest BCUT2D eigenvalue weighted by Gasteiger charge is 2.11. The van der Waals surface area contributed by atoms with Crippen LogP contribution in [0.3, 0.4) is 0 Å². The molecular formula is C22H22N4O5. The molecule has 0 unspecified atom stereocenters. The Hall–Kier alpha value is -4.01. The maximum absolute atomic E-state index is 12.2. The summed E-state index contributed by atoms with van der Waals surface area (Å²) in [5, 5.41) is 17.9. The van der Waals surface area contributed by atoms with Crippen LogP contribution in [0.5, 0.6) is 5.75 Å². The van der Waals surface area contributed by atoms with Crippen LogP contribution in [0.2, 0.25) is 0 Å². The van der Waals surface area contributed by atoms with Crippen molar-refractivity contribution in [3.63, 3.8) is 0 Å². The Morgan fingerprint density at radius 1 is 1.16 bits per heavy atom. The minimum absolute atomic E-state index is 0.0299. The molecule has 1 heterocycles. The fourth-order valence-corrected chi connectivity index (χ4v) is 3.03. The number of hydrogen-bond acceptors (Lipinski definition) is 6. The van der Waals surface area contributed by atoms with Crippen LogP contribution in [0.1, 0.15) is 18.4 Å². The largest absolute Gasteiger partial charge is 0.497 e. The van der Waals surface area contributed by atoms with Crippen LogP contribution in [-0.2, 0) is 11.3 Å². The van der Waals surface area contributed by atoms with E-state index in [4.69, 9.17) is 4.74 Å². The van der Waals surface area contributed by atoms with Gasteiger partial charge >= 0.3 is 0 Å². The third-order valence-electron chi connectivity index (χ3n) is 4.72. The number of ether oxygens (including phenoxy) is 1. The van der Waals surface area contributed by atoms with Gasteiger partial charge in [-0.3, -0.25) is 19.7 Å². The summed E-state index contributed by atoms with van der Waals surface area (Å²) in [7, 11) is 1.59. The summed E-state index contributed by atoms with van der Waals surface area (Å²) in [5.41, 5.74) is 2.34. The average molecular weight is 422 g/mol. The van der Waals surface area contributed by atoms with Crippen LogP contribution in [-0.4, -0.2) is 27.7 Å². The SMILES string of the molecule is COc1ccc(-c2ccc(=O)n(CCCC(=O)Nc3ccc([N+](=O)[O-])cc3C)n2)cc1. The zero-order valence-corrected chi connectivity index (χ0v) is 17.2. The molecule has 31 heavy (non-hydrogen) atoms. The highest BCUT2D eigenvalue weighted by Crippen LogP contribution is 2.22. The summed E-state index contributed by atoms with van der Waals surface area (Å²) in [6.07, 6.45) is 0.591. The van der Waals surface area contributed by atoms with Gasteiger partial charge in [0.15, 0.2) is 0 Å². The second-order valence-electron chi connectivity index (χ2n) is 6.92. The van der Waals surface area contributed by atoms with Crippen LogP contribution in [0.25, 0.3) is 11.3 Å². The zero-order chi connectivity index (χ0) is 22.4. The third kappa shape index (κ3) is 5.53. The molecule has 9 heteroatoms. The first kappa shape index (κ1) is 21.7. The predicted molar refractivity (Wildman–Crippen MR) is 116 cm³/mol. The number of carbonyl (C=O) groups is 1. The molecular weight excluding hydrogens is 400 g/mol. The van der Waals surface area contributed by atoms with Gasteiger partial charge in [-0.05, 0) is 55.3 Å². The van der Waals surface area contributed by atoms with Crippen molar-refractivity contribution in [3.8, 4) is 17.0 Å². The molecule has 0 atom stereocenters. The van der Waals surface area contributed by atoms with Crippen LogP contribution < -0.4 is 15.6 Å². The van der Waals surface area contributed by atoms with Crippen molar-refractivity contribution in [2.24, 2.45) is 0 Å². The van der Waals surface area contributed by atoms with E-state index in [0.29, 0.717) is 23.4 Å². The van der Waals surface area contributed by atoms with Crippen molar-refractivity contribution in [1.82, 2.24) is 9.78 Å². The molecule has 3 aromatic rings. The highest BCUT2D eigenvalue weighted by molar-refractivity contribution is 5.91. The quantitative estimate of drug-likeness (QED) is 0.438. The zero-order valence-electron chi connectivity index (χ0n) is 17.2. The van der Waals surface area contributed by atoms with E-state index in [-0.39, 0.29) is 30.1 Å². The summed E-state index contributed by atoms with van der Waals surface area (Å²) >= 11 is 0. The number of hydrogen-bond donors (Lipinski definition) is 1. The Bertz CT molecular complexity index is 1160. The topological polar surface area (TPSA) is 116 Å². The number of aryl methyl sites for hydroxylation is 2. The summed E-state index contributed by atoms with van der Waals surface area (Å²) in [6.45, 7) is 1.98. The lowest BCUT2D eigenvalue weighted by molar-refractivity contribution is -0.384. The van der Waals surface area contributed by atoms with Crippen LogP contribution in [0, 0.1) is 17.0 Å². The van der Waals surface area contributed by atoms with Gasteiger partial charge in [-0.2, -0.15) is 5.10 Å². The first-order valence-electron chi connectivity index (χ1n) is 9.65. The minimum atomic E-state index is -0.483. The number of nitrogens with one attached hydrogen (secondary N) is 1. The van der Waals surface area contributed by atoms with E-state index >= 15 is 0 Å². The molecule has 0 aliphatic rings. The number of nitro benzene ring substituents is 1. The number of aromatic nitrogens is 2. The van der Waals surface area contributed by atoms with E-state index in [1.54, 1.807) is 20.1 Å². The number of nitrogens with zero attached hydrogens (tertiary/aromatic N) is 3. The second-order valence-corrected chi connectivity index (χ2v) is 6.92. The minimum Gasteiger partial charge on any atom is -0.497 e. The fourth-order valence-electron chi connectivity index (χ4n) is 3.03. The Balaban J connectivity index is 1.60. The van der Waals surface area contributed by atoms with Crippen LogP contribution >= 0.6 is 0 Å². The van der Waals surface area contributed by atoms with Crippen molar-refractivity contribution in [2.75, 3.05) is 12.4 Å². The van der Waals surface area contributed by atoms with Gasteiger partial charge in [0.05, 0.1) is 17.7 Å². The summed E-state index contributed by atoms with van der Waals surface area (Å²) < 4.78 is 6.48. The number of nitro groups is 1. The van der Waals surface area contributed by atoms with Gasteiger partial charge in [0.2, 0.25) is 5.91 Å². The number of non-ortho nitro benzene ring substituents is 1. The van der Waals surface area contributed by atoms with Crippen molar-refractivity contribution in [3.05, 3.63) is 80.6 Å². The van der Waals surface area contributed by atoms with Crippen LogP contribution in [0.15, 0.2) is 59.4 Å². The molecule has 9 nitrogen and oxygen atoms in total. The summed E-state index contributed by atoms with van der Waals surface area (Å²) in [5.74, 6) is 0.489. The van der Waals surface area contributed by atoms with E-state index in [1.807, 2.05) is 24.3 Å². The Kier molecular flexibility index (Phi) is 6.76. The maximum Gasteiger partial charge on any atom is 0.269 e. The fraction of sp³-hybridized carbons (Fsp3) is 0.227. The van der Waals surface area contributed by atoms with Crippen molar-refractivity contribution in [1.29, 1.82) is 0 Å². The van der Waals surface area contributed by atoms with E-state index < -0.39 is 4.92 Å². The molecule has 1 amide bonds. The molecule has 0 saturated heterocycles. The van der Waals surface area contributed by atoms with E-state index in [0.717, 1.165) is 11.3 Å². The Morgan fingerprint density at radius 2 is 1.90 bits per heavy atom. The number of amides is 1. The van der Waals surface area contributed by atoms with Gasteiger partial charge in [-0.15, -0.1) is 0 Å². The molecule has 0 bridgehead atoms. The Morgan fingerprint density at radius 3 is 2.55 bits per heavy atom. The van der Waals surface area contributed by atoms with Gasteiger partial charge in [0, 0.05) is 42.4 Å². The van der Waals surface area contributed by atoms with Gasteiger partial charge in [0.25, 0.3) is 11.2 Å². The van der Waals surface area contributed by atoms with Gasteiger partial charge in [-0.25, -0.2) is 4.68 Å². The average Bonchev–Trinajstić information content (AvgIpc) is 2.76. The smallest absolute Gasteiger partial charge is 0.269 e. The molecule has 0 aliphatic carbocycles. The number of methoxy groups -OCH3 is 1.